The van der Waals surface area contributed by atoms with E-state index in [1.54, 1.807) is 43.5 Å². The van der Waals surface area contributed by atoms with Gasteiger partial charge < -0.3 is 18.9 Å². The lowest BCUT2D eigenvalue weighted by molar-refractivity contribution is 0.0997. The first-order chi connectivity index (χ1) is 16.4. The van der Waals surface area contributed by atoms with Gasteiger partial charge in [-0.1, -0.05) is 29.3 Å². The van der Waals surface area contributed by atoms with Gasteiger partial charge in [0.25, 0.3) is 5.91 Å². The number of amides is 1. The molecule has 0 atom stereocenters. The summed E-state index contributed by atoms with van der Waals surface area (Å²) in [7, 11) is 1.60. The van der Waals surface area contributed by atoms with Crippen molar-refractivity contribution in [3.8, 4) is 28.5 Å². The van der Waals surface area contributed by atoms with Crippen molar-refractivity contribution in [3.05, 3.63) is 88.1 Å². The number of furan rings is 1. The van der Waals surface area contributed by atoms with E-state index < -0.39 is 5.91 Å². The second-order valence-electron chi connectivity index (χ2n) is 7.62. The molecule has 0 aliphatic rings. The number of carbonyl (C=O) groups is 1. The highest BCUT2D eigenvalue weighted by atomic mass is 35.5. The average molecular weight is 493 g/mol. The minimum absolute atomic E-state index is 0.143. The molecule has 1 amide bonds. The largest absolute Gasteiger partial charge is 0.497 e. The summed E-state index contributed by atoms with van der Waals surface area (Å²) < 4.78 is 16.9. The lowest BCUT2D eigenvalue weighted by Gasteiger charge is -2.08. The Labute approximate surface area is 205 Å². The Hall–Kier alpha value is -3.74. The van der Waals surface area contributed by atoms with E-state index in [4.69, 9.17) is 36.8 Å². The third-order valence-electron chi connectivity index (χ3n) is 5.35. The predicted octanol–water partition coefficient (Wildman–Crippen LogP) is 7.63. The number of benzene rings is 3. The van der Waals surface area contributed by atoms with Crippen LogP contribution in [0, 0.1) is 6.92 Å². The molecule has 1 N–H and O–H groups in total. The molecule has 5 aromatic rings. The van der Waals surface area contributed by atoms with Crippen LogP contribution in [0.3, 0.4) is 0 Å². The highest BCUT2D eigenvalue weighted by molar-refractivity contribution is 6.35. The number of nitrogens with one attached hydrogen (secondary N) is 1. The van der Waals surface area contributed by atoms with E-state index in [0.29, 0.717) is 49.8 Å². The number of methoxy groups -OCH3 is 1. The van der Waals surface area contributed by atoms with E-state index in [9.17, 15) is 4.79 Å². The number of aromatic nitrogens is 1. The number of nitrogens with zero attached hydrogens (tertiary/aromatic N) is 1. The third kappa shape index (κ3) is 4.25. The summed E-state index contributed by atoms with van der Waals surface area (Å²) in [4.78, 5) is 17.5. The van der Waals surface area contributed by atoms with Crippen LogP contribution in [0.25, 0.3) is 33.9 Å². The highest BCUT2D eigenvalue weighted by Gasteiger charge is 2.17. The summed E-state index contributed by atoms with van der Waals surface area (Å²) in [6.07, 6.45) is 0. The molecule has 34 heavy (non-hydrogen) atoms. The standard InChI is InChI=1S/C26H18Cl2N2O4/c1-14-3-4-15(26-30-21-13-17(32-2)6-8-23(21)34-26)11-20(14)29-25(31)24-10-9-22(33-24)18-12-16(27)5-7-19(18)28/h3-13H,1-2H3,(H,29,31). The van der Waals surface area contributed by atoms with Crippen LogP contribution in [0.5, 0.6) is 5.75 Å². The second-order valence-corrected chi connectivity index (χ2v) is 8.47. The smallest absolute Gasteiger partial charge is 0.291 e. The van der Waals surface area contributed by atoms with Crippen LogP contribution in [0.2, 0.25) is 10.0 Å². The third-order valence-corrected chi connectivity index (χ3v) is 5.92. The Morgan fingerprint density at radius 2 is 1.82 bits per heavy atom. The maximum Gasteiger partial charge on any atom is 0.291 e. The molecule has 5 rings (SSSR count). The van der Waals surface area contributed by atoms with Crippen molar-refractivity contribution in [3.63, 3.8) is 0 Å². The predicted molar refractivity (Wildman–Crippen MR) is 133 cm³/mol. The van der Waals surface area contributed by atoms with Gasteiger partial charge in [-0.05, 0) is 67.1 Å². The van der Waals surface area contributed by atoms with Gasteiger partial charge in [-0.25, -0.2) is 4.98 Å². The van der Waals surface area contributed by atoms with Crippen molar-refractivity contribution in [2.75, 3.05) is 12.4 Å². The highest BCUT2D eigenvalue weighted by Crippen LogP contribution is 2.33. The fourth-order valence-electron chi connectivity index (χ4n) is 3.52. The summed E-state index contributed by atoms with van der Waals surface area (Å²) in [5.41, 5.74) is 4.15. The number of halogens is 2. The van der Waals surface area contributed by atoms with Crippen molar-refractivity contribution < 1.29 is 18.4 Å². The SMILES string of the molecule is COc1ccc2oc(-c3ccc(C)c(NC(=O)c4ccc(-c5cc(Cl)ccc5Cl)o4)c3)nc2c1. The van der Waals surface area contributed by atoms with Gasteiger partial charge in [0.05, 0.1) is 12.1 Å². The molecule has 0 aliphatic carbocycles. The quantitative estimate of drug-likeness (QED) is 0.272. The Morgan fingerprint density at radius 1 is 0.971 bits per heavy atom. The number of anilines is 1. The zero-order chi connectivity index (χ0) is 23.8. The van der Waals surface area contributed by atoms with Gasteiger partial charge in [-0.3, -0.25) is 4.79 Å². The molecule has 0 saturated carbocycles. The fourth-order valence-corrected chi connectivity index (χ4v) is 3.91. The molecule has 0 bridgehead atoms. The van der Waals surface area contributed by atoms with E-state index in [-0.39, 0.29) is 5.76 Å². The van der Waals surface area contributed by atoms with Crippen molar-refractivity contribution in [2.24, 2.45) is 0 Å². The first kappa shape index (κ1) is 22.1. The molecule has 0 fully saturated rings. The molecular formula is C26H18Cl2N2O4. The monoisotopic (exact) mass is 492 g/mol. The van der Waals surface area contributed by atoms with Gasteiger partial charge in [-0.2, -0.15) is 0 Å². The molecule has 8 heteroatoms. The summed E-state index contributed by atoms with van der Waals surface area (Å²) in [5, 5.41) is 3.90. The molecule has 0 saturated heterocycles. The molecule has 6 nitrogen and oxygen atoms in total. The van der Waals surface area contributed by atoms with Crippen LogP contribution < -0.4 is 10.1 Å². The van der Waals surface area contributed by atoms with Crippen LogP contribution in [-0.2, 0) is 0 Å². The first-order valence-electron chi connectivity index (χ1n) is 10.3. The van der Waals surface area contributed by atoms with E-state index in [0.717, 1.165) is 11.1 Å². The van der Waals surface area contributed by atoms with Crippen molar-refractivity contribution >= 4 is 45.9 Å². The number of oxazole rings is 1. The minimum atomic E-state index is -0.396. The number of hydrogen-bond donors (Lipinski definition) is 1. The average Bonchev–Trinajstić information content (AvgIpc) is 3.49. The zero-order valence-electron chi connectivity index (χ0n) is 18.2. The number of hydrogen-bond acceptors (Lipinski definition) is 5. The van der Waals surface area contributed by atoms with Crippen LogP contribution in [-0.4, -0.2) is 18.0 Å². The van der Waals surface area contributed by atoms with E-state index in [2.05, 4.69) is 10.3 Å². The Kier molecular flexibility index (Phi) is 5.77. The molecule has 0 unspecified atom stereocenters. The van der Waals surface area contributed by atoms with E-state index >= 15 is 0 Å². The van der Waals surface area contributed by atoms with Crippen LogP contribution in [0.1, 0.15) is 16.1 Å². The number of fused-ring (bicyclic) bond motifs is 1. The van der Waals surface area contributed by atoms with Gasteiger partial charge in [-0.15, -0.1) is 0 Å². The van der Waals surface area contributed by atoms with E-state index in [1.807, 2.05) is 37.3 Å². The molecule has 3 aromatic carbocycles. The van der Waals surface area contributed by atoms with Crippen molar-refractivity contribution in [1.82, 2.24) is 4.98 Å². The molecule has 2 aromatic heterocycles. The minimum Gasteiger partial charge on any atom is -0.497 e. The van der Waals surface area contributed by atoms with Crippen LogP contribution in [0.15, 0.2) is 75.6 Å². The van der Waals surface area contributed by atoms with Gasteiger partial charge in [0.2, 0.25) is 5.89 Å². The lowest BCUT2D eigenvalue weighted by atomic mass is 10.1. The number of ether oxygens (including phenoxy) is 1. The van der Waals surface area contributed by atoms with Gasteiger partial charge in [0, 0.05) is 27.9 Å². The number of rotatable bonds is 5. The molecule has 0 radical (unpaired) electrons. The summed E-state index contributed by atoms with van der Waals surface area (Å²) in [6.45, 7) is 1.90. The van der Waals surface area contributed by atoms with E-state index in [1.165, 1.54) is 0 Å². The first-order valence-corrected chi connectivity index (χ1v) is 11.1. The zero-order valence-corrected chi connectivity index (χ0v) is 19.7. The number of aryl methyl sites for hydroxylation is 1. The number of carbonyl (C=O) groups excluding carboxylic acids is 1. The summed E-state index contributed by atoms with van der Waals surface area (Å²) in [5.74, 6) is 1.33. The van der Waals surface area contributed by atoms with Crippen molar-refractivity contribution in [2.45, 2.75) is 6.92 Å². The molecule has 170 valence electrons. The van der Waals surface area contributed by atoms with Crippen LogP contribution >= 0.6 is 23.2 Å². The molecule has 0 spiro atoms. The molecule has 2 heterocycles. The van der Waals surface area contributed by atoms with Gasteiger partial charge in [0.15, 0.2) is 11.3 Å². The molecule has 0 aliphatic heterocycles. The fraction of sp³-hybridized carbons (Fsp3) is 0.0769. The Morgan fingerprint density at radius 3 is 2.65 bits per heavy atom. The summed E-state index contributed by atoms with van der Waals surface area (Å²) >= 11 is 12.3. The topological polar surface area (TPSA) is 77.5 Å². The van der Waals surface area contributed by atoms with Gasteiger partial charge >= 0.3 is 0 Å². The lowest BCUT2D eigenvalue weighted by Crippen LogP contribution is -2.11. The van der Waals surface area contributed by atoms with Crippen LogP contribution in [0.4, 0.5) is 5.69 Å². The van der Waals surface area contributed by atoms with Gasteiger partial charge in [0.1, 0.15) is 17.0 Å². The Balaban J connectivity index is 1.41. The summed E-state index contributed by atoms with van der Waals surface area (Å²) in [6, 6.07) is 19.3. The Bertz CT molecular complexity index is 1540. The molecular weight excluding hydrogens is 475 g/mol. The normalized spacial score (nSPS) is 11.1. The van der Waals surface area contributed by atoms with Crippen molar-refractivity contribution in [1.29, 1.82) is 0 Å². The second kappa shape index (κ2) is 8.89. The maximum absolute atomic E-state index is 12.9. The maximum atomic E-state index is 12.9.